The van der Waals surface area contributed by atoms with Crippen molar-refractivity contribution in [2.45, 2.75) is 45.1 Å². The van der Waals surface area contributed by atoms with E-state index in [-0.39, 0.29) is 12.1 Å². The van der Waals surface area contributed by atoms with E-state index >= 15 is 0 Å². The van der Waals surface area contributed by atoms with E-state index in [0.717, 1.165) is 64.3 Å². The van der Waals surface area contributed by atoms with Crippen LogP contribution in [-0.4, -0.2) is 49.9 Å². The lowest BCUT2D eigenvalue weighted by Crippen LogP contribution is -2.46. The van der Waals surface area contributed by atoms with Crippen molar-refractivity contribution in [3.63, 3.8) is 0 Å². The third-order valence-electron chi connectivity index (χ3n) is 5.14. The number of amides is 2. The minimum absolute atomic E-state index is 0.0662. The Balaban J connectivity index is 1.31. The largest absolute Gasteiger partial charge is 0.490 e. The fourth-order valence-corrected chi connectivity index (χ4v) is 3.49. The number of carbonyl (C=O) groups excluding carboxylic acids is 1. The first-order valence-corrected chi connectivity index (χ1v) is 9.54. The van der Waals surface area contributed by atoms with Crippen LogP contribution < -0.4 is 10.1 Å². The summed E-state index contributed by atoms with van der Waals surface area (Å²) in [5.74, 6) is 1.61. The molecule has 2 heterocycles. The molecule has 0 spiro atoms. The molecule has 2 amide bonds. The van der Waals surface area contributed by atoms with Crippen LogP contribution in [0.2, 0.25) is 0 Å². The van der Waals surface area contributed by atoms with Crippen LogP contribution in [0.5, 0.6) is 5.75 Å². The molecule has 5 nitrogen and oxygen atoms in total. The van der Waals surface area contributed by atoms with Gasteiger partial charge in [0.05, 0.1) is 0 Å². The Labute approximate surface area is 150 Å². The van der Waals surface area contributed by atoms with Crippen molar-refractivity contribution in [2.75, 3.05) is 32.8 Å². The maximum atomic E-state index is 12.2. The molecule has 2 aliphatic heterocycles. The van der Waals surface area contributed by atoms with Crippen LogP contribution in [0.4, 0.5) is 4.79 Å². The lowest BCUT2D eigenvalue weighted by molar-refractivity contribution is 0.111. The number of aryl methyl sites for hydroxylation is 1. The SMILES string of the molecule is Cc1ccc(OC2CCN(C(=O)NCCC[C@H]3CCOC3)CC2)cc1. The van der Waals surface area contributed by atoms with Gasteiger partial charge in [-0.3, -0.25) is 0 Å². The Morgan fingerprint density at radius 3 is 2.68 bits per heavy atom. The molecule has 0 aromatic heterocycles. The van der Waals surface area contributed by atoms with Crippen LogP contribution in [0.1, 0.15) is 37.7 Å². The van der Waals surface area contributed by atoms with Crippen LogP contribution in [0.15, 0.2) is 24.3 Å². The highest BCUT2D eigenvalue weighted by Crippen LogP contribution is 2.20. The highest BCUT2D eigenvalue weighted by Gasteiger charge is 2.23. The first-order chi connectivity index (χ1) is 12.2. The van der Waals surface area contributed by atoms with Gasteiger partial charge in [-0.05, 0) is 44.2 Å². The number of piperidine rings is 1. The zero-order valence-corrected chi connectivity index (χ0v) is 15.2. The summed E-state index contributed by atoms with van der Waals surface area (Å²) >= 11 is 0. The molecule has 5 heteroatoms. The van der Waals surface area contributed by atoms with E-state index in [4.69, 9.17) is 9.47 Å². The smallest absolute Gasteiger partial charge is 0.317 e. The molecule has 1 aromatic carbocycles. The van der Waals surface area contributed by atoms with Gasteiger partial charge in [0.1, 0.15) is 11.9 Å². The lowest BCUT2D eigenvalue weighted by atomic mass is 10.0. The van der Waals surface area contributed by atoms with Gasteiger partial charge in [-0.2, -0.15) is 0 Å². The maximum Gasteiger partial charge on any atom is 0.317 e. The van der Waals surface area contributed by atoms with E-state index in [1.54, 1.807) is 0 Å². The summed E-state index contributed by atoms with van der Waals surface area (Å²) in [6.07, 6.45) is 5.33. The molecule has 2 aliphatic rings. The summed E-state index contributed by atoms with van der Waals surface area (Å²) < 4.78 is 11.4. The molecule has 1 N–H and O–H groups in total. The monoisotopic (exact) mass is 346 g/mol. The van der Waals surface area contributed by atoms with Crippen molar-refractivity contribution in [3.8, 4) is 5.75 Å². The highest BCUT2D eigenvalue weighted by molar-refractivity contribution is 5.74. The van der Waals surface area contributed by atoms with Crippen molar-refractivity contribution >= 4 is 6.03 Å². The number of hydrogen-bond acceptors (Lipinski definition) is 3. The first kappa shape index (κ1) is 18.1. The minimum atomic E-state index is 0.0662. The fraction of sp³-hybridized carbons (Fsp3) is 0.650. The van der Waals surface area contributed by atoms with E-state index in [2.05, 4.69) is 24.4 Å². The van der Waals surface area contributed by atoms with E-state index in [9.17, 15) is 4.79 Å². The summed E-state index contributed by atoms with van der Waals surface area (Å²) in [7, 11) is 0. The number of urea groups is 1. The van der Waals surface area contributed by atoms with Gasteiger partial charge in [-0.15, -0.1) is 0 Å². The molecule has 25 heavy (non-hydrogen) atoms. The molecule has 0 aliphatic carbocycles. The summed E-state index contributed by atoms with van der Waals surface area (Å²) in [4.78, 5) is 14.2. The van der Waals surface area contributed by atoms with Crippen LogP contribution in [0.3, 0.4) is 0 Å². The van der Waals surface area contributed by atoms with Crippen LogP contribution in [-0.2, 0) is 4.74 Å². The number of hydrogen-bond donors (Lipinski definition) is 1. The van der Waals surface area contributed by atoms with Crippen molar-refractivity contribution in [1.29, 1.82) is 0 Å². The Bertz CT molecular complexity index is 532. The lowest BCUT2D eigenvalue weighted by Gasteiger charge is -2.32. The van der Waals surface area contributed by atoms with Crippen LogP contribution in [0, 0.1) is 12.8 Å². The standard InChI is InChI=1S/C20H30N2O3/c1-16-4-6-18(7-5-16)25-19-8-12-22(13-9-19)20(23)21-11-2-3-17-10-14-24-15-17/h4-7,17,19H,2-3,8-15H2,1H3,(H,21,23)/t17-/m0/s1. The molecule has 1 aromatic rings. The average Bonchev–Trinajstić information content (AvgIpc) is 3.15. The quantitative estimate of drug-likeness (QED) is 0.804. The van der Waals surface area contributed by atoms with Gasteiger partial charge in [0.15, 0.2) is 0 Å². The predicted octanol–water partition coefficient (Wildman–Crippen LogP) is 3.36. The van der Waals surface area contributed by atoms with Gasteiger partial charge in [-0.1, -0.05) is 17.7 Å². The number of nitrogens with zero attached hydrogens (tertiary/aromatic N) is 1. The normalized spacial score (nSPS) is 21.3. The maximum absolute atomic E-state index is 12.2. The van der Waals surface area contributed by atoms with E-state index in [1.807, 2.05) is 17.0 Å². The van der Waals surface area contributed by atoms with E-state index in [1.165, 1.54) is 12.0 Å². The summed E-state index contributed by atoms with van der Waals surface area (Å²) in [6, 6.07) is 8.23. The minimum Gasteiger partial charge on any atom is -0.490 e. The van der Waals surface area contributed by atoms with Gasteiger partial charge < -0.3 is 19.7 Å². The van der Waals surface area contributed by atoms with Crippen molar-refractivity contribution in [1.82, 2.24) is 10.2 Å². The molecular formula is C20H30N2O3. The Kier molecular flexibility index (Phi) is 6.56. The molecular weight excluding hydrogens is 316 g/mol. The van der Waals surface area contributed by atoms with E-state index < -0.39 is 0 Å². The number of nitrogens with one attached hydrogen (secondary N) is 1. The Morgan fingerprint density at radius 1 is 1.24 bits per heavy atom. The number of rotatable bonds is 6. The molecule has 3 rings (SSSR count). The number of likely N-dealkylation sites (tertiary alicyclic amines) is 1. The zero-order valence-electron chi connectivity index (χ0n) is 15.2. The number of carbonyl (C=O) groups is 1. The number of benzene rings is 1. The van der Waals surface area contributed by atoms with Gasteiger partial charge >= 0.3 is 6.03 Å². The fourth-order valence-electron chi connectivity index (χ4n) is 3.49. The molecule has 0 radical (unpaired) electrons. The van der Waals surface area contributed by atoms with Gasteiger partial charge in [-0.25, -0.2) is 4.79 Å². The number of ether oxygens (including phenoxy) is 2. The third-order valence-corrected chi connectivity index (χ3v) is 5.14. The second-order valence-corrected chi connectivity index (χ2v) is 7.22. The molecule has 1 atom stereocenters. The molecule has 2 fully saturated rings. The van der Waals surface area contributed by atoms with Gasteiger partial charge in [0, 0.05) is 45.7 Å². The molecule has 0 bridgehead atoms. The Hall–Kier alpha value is -1.75. The second kappa shape index (κ2) is 9.09. The van der Waals surface area contributed by atoms with Gasteiger partial charge in [0.25, 0.3) is 0 Å². The van der Waals surface area contributed by atoms with Gasteiger partial charge in [0.2, 0.25) is 0 Å². The topological polar surface area (TPSA) is 50.8 Å². The molecule has 2 saturated heterocycles. The highest BCUT2D eigenvalue weighted by atomic mass is 16.5. The molecule has 138 valence electrons. The van der Waals surface area contributed by atoms with Crippen LogP contribution >= 0.6 is 0 Å². The van der Waals surface area contributed by atoms with Crippen LogP contribution in [0.25, 0.3) is 0 Å². The summed E-state index contributed by atoms with van der Waals surface area (Å²) in [6.45, 7) is 6.15. The molecule has 0 saturated carbocycles. The van der Waals surface area contributed by atoms with Crippen molar-refractivity contribution in [3.05, 3.63) is 29.8 Å². The summed E-state index contributed by atoms with van der Waals surface area (Å²) in [5, 5.41) is 3.05. The summed E-state index contributed by atoms with van der Waals surface area (Å²) in [5.41, 5.74) is 1.24. The zero-order chi connectivity index (χ0) is 17.5. The third kappa shape index (κ3) is 5.63. The van der Waals surface area contributed by atoms with E-state index in [0.29, 0.717) is 5.92 Å². The molecule has 0 unspecified atom stereocenters. The second-order valence-electron chi connectivity index (χ2n) is 7.22. The average molecular weight is 346 g/mol. The van der Waals surface area contributed by atoms with Crippen molar-refractivity contribution in [2.24, 2.45) is 5.92 Å². The first-order valence-electron chi connectivity index (χ1n) is 9.54. The predicted molar refractivity (Wildman–Crippen MR) is 98.0 cm³/mol. The van der Waals surface area contributed by atoms with Crippen molar-refractivity contribution < 1.29 is 14.3 Å². The Morgan fingerprint density at radius 2 is 2.00 bits per heavy atom.